The van der Waals surface area contributed by atoms with E-state index in [4.69, 9.17) is 4.74 Å². The van der Waals surface area contributed by atoms with E-state index in [1.807, 2.05) is 0 Å². The summed E-state index contributed by atoms with van der Waals surface area (Å²) in [5, 5.41) is 1.65. The average Bonchev–Trinajstić information content (AvgIpc) is 2.36. The topological polar surface area (TPSA) is 75.7 Å². The Bertz CT molecular complexity index is 398. The molecule has 0 aliphatic carbocycles. The fourth-order valence-corrected chi connectivity index (χ4v) is 1.78. The van der Waals surface area contributed by atoms with Crippen molar-refractivity contribution in [2.45, 2.75) is 19.5 Å². The molecule has 1 saturated heterocycles. The van der Waals surface area contributed by atoms with Crippen LogP contribution in [-0.2, 0) is 14.3 Å². The van der Waals surface area contributed by atoms with Crippen molar-refractivity contribution < 1.29 is 32.3 Å². The van der Waals surface area contributed by atoms with Crippen molar-refractivity contribution in [3.05, 3.63) is 0 Å². The fraction of sp³-hybridized carbons (Fsp3) is 0.727. The number of likely N-dealkylation sites (tertiary alicyclic amines) is 1. The Morgan fingerprint density at radius 1 is 1.45 bits per heavy atom. The summed E-state index contributed by atoms with van der Waals surface area (Å²) in [5.74, 6) is -3.23. The summed E-state index contributed by atoms with van der Waals surface area (Å²) in [4.78, 5) is 35.0. The van der Waals surface area contributed by atoms with Crippen LogP contribution in [0.5, 0.6) is 0 Å². The van der Waals surface area contributed by atoms with Gasteiger partial charge in [-0.3, -0.25) is 9.59 Å². The van der Waals surface area contributed by atoms with Crippen LogP contribution < -0.4 is 5.32 Å². The number of ketones is 1. The van der Waals surface area contributed by atoms with Gasteiger partial charge in [-0.05, 0) is 6.92 Å². The van der Waals surface area contributed by atoms with Gasteiger partial charge in [-0.2, -0.15) is 13.2 Å². The summed E-state index contributed by atoms with van der Waals surface area (Å²) in [6.45, 7) is 1.44. The lowest BCUT2D eigenvalue weighted by Crippen LogP contribution is -2.49. The van der Waals surface area contributed by atoms with Crippen LogP contribution in [0.2, 0.25) is 0 Å². The summed E-state index contributed by atoms with van der Waals surface area (Å²) in [7, 11) is 0. The van der Waals surface area contributed by atoms with Gasteiger partial charge in [0.2, 0.25) is 0 Å². The Morgan fingerprint density at radius 3 is 2.65 bits per heavy atom. The number of rotatable bonds is 3. The molecule has 114 valence electrons. The summed E-state index contributed by atoms with van der Waals surface area (Å²) >= 11 is 0. The van der Waals surface area contributed by atoms with E-state index in [2.05, 4.69) is 0 Å². The first-order chi connectivity index (χ1) is 9.25. The highest BCUT2D eigenvalue weighted by molar-refractivity contribution is 5.86. The van der Waals surface area contributed by atoms with E-state index in [1.54, 1.807) is 12.2 Å². The van der Waals surface area contributed by atoms with Gasteiger partial charge in [0.15, 0.2) is 0 Å². The van der Waals surface area contributed by atoms with Crippen molar-refractivity contribution in [3.8, 4) is 0 Å². The molecule has 0 aromatic rings. The number of hydrogen-bond acceptors (Lipinski definition) is 4. The maximum atomic E-state index is 12.0. The third-order valence-electron chi connectivity index (χ3n) is 2.82. The Kier molecular flexibility index (Phi) is 5.34. The van der Waals surface area contributed by atoms with Crippen LogP contribution in [0.3, 0.4) is 0 Å². The van der Waals surface area contributed by atoms with E-state index >= 15 is 0 Å². The quantitative estimate of drug-likeness (QED) is 0.832. The fourth-order valence-electron chi connectivity index (χ4n) is 1.78. The number of Topliss-reactive ketones (excluding diaryl/α,β-unsaturated/α-hetero) is 1. The van der Waals surface area contributed by atoms with Crippen LogP contribution >= 0.6 is 0 Å². The Hall–Kier alpha value is -1.80. The SMILES string of the molecule is CCOC(=O)N1CCC(=O)C(CNC(=O)C(F)(F)F)C1. The summed E-state index contributed by atoms with van der Waals surface area (Å²) in [6.07, 6.45) is -5.57. The zero-order chi connectivity index (χ0) is 15.3. The van der Waals surface area contributed by atoms with Crippen molar-refractivity contribution in [3.63, 3.8) is 0 Å². The summed E-state index contributed by atoms with van der Waals surface area (Å²) in [5.41, 5.74) is 0. The van der Waals surface area contributed by atoms with Crippen LogP contribution in [-0.4, -0.2) is 55.1 Å². The molecule has 2 amide bonds. The monoisotopic (exact) mass is 296 g/mol. The molecule has 0 aromatic carbocycles. The number of ether oxygens (including phenoxy) is 1. The lowest BCUT2D eigenvalue weighted by atomic mass is 9.96. The predicted octanol–water partition coefficient (Wildman–Crippen LogP) is 0.712. The molecular formula is C11H15F3N2O4. The van der Waals surface area contributed by atoms with Crippen molar-refractivity contribution in [1.82, 2.24) is 10.2 Å². The molecule has 20 heavy (non-hydrogen) atoms. The number of carbonyl (C=O) groups excluding carboxylic acids is 3. The standard InChI is InChI=1S/C11H15F3N2O4/c1-2-20-10(19)16-4-3-8(17)7(6-16)5-15-9(18)11(12,13)14/h7H,2-6H2,1H3,(H,15,18). The molecule has 1 aliphatic rings. The van der Waals surface area contributed by atoms with Gasteiger partial charge in [-0.1, -0.05) is 0 Å². The maximum absolute atomic E-state index is 12.0. The van der Waals surface area contributed by atoms with E-state index in [9.17, 15) is 27.6 Å². The molecule has 1 N–H and O–H groups in total. The number of piperidine rings is 1. The first kappa shape index (κ1) is 16.3. The highest BCUT2D eigenvalue weighted by atomic mass is 19.4. The molecule has 1 heterocycles. The second-order valence-electron chi connectivity index (χ2n) is 4.27. The van der Waals surface area contributed by atoms with Gasteiger partial charge in [0.05, 0.1) is 12.5 Å². The molecule has 0 aromatic heterocycles. The smallest absolute Gasteiger partial charge is 0.450 e. The van der Waals surface area contributed by atoms with Crippen LogP contribution in [0, 0.1) is 5.92 Å². The molecule has 1 aliphatic heterocycles. The zero-order valence-corrected chi connectivity index (χ0v) is 10.8. The largest absolute Gasteiger partial charge is 0.471 e. The third kappa shape index (κ3) is 4.39. The van der Waals surface area contributed by atoms with Gasteiger partial charge < -0.3 is 15.0 Å². The molecular weight excluding hydrogens is 281 g/mol. The highest BCUT2D eigenvalue weighted by Crippen LogP contribution is 2.16. The molecule has 1 fully saturated rings. The molecule has 0 radical (unpaired) electrons. The average molecular weight is 296 g/mol. The normalized spacial score (nSPS) is 19.7. The predicted molar refractivity (Wildman–Crippen MR) is 60.8 cm³/mol. The molecule has 0 saturated carbocycles. The summed E-state index contributed by atoms with van der Waals surface area (Å²) in [6, 6.07) is 0. The van der Waals surface area contributed by atoms with Crippen LogP contribution in [0.4, 0.5) is 18.0 Å². The number of alkyl halides is 3. The first-order valence-electron chi connectivity index (χ1n) is 6.05. The van der Waals surface area contributed by atoms with Crippen molar-refractivity contribution in [2.75, 3.05) is 26.2 Å². The number of nitrogens with zero attached hydrogens (tertiary/aromatic N) is 1. The lowest BCUT2D eigenvalue weighted by molar-refractivity contribution is -0.173. The van der Waals surface area contributed by atoms with E-state index in [-0.39, 0.29) is 31.9 Å². The van der Waals surface area contributed by atoms with Gasteiger partial charge in [0.1, 0.15) is 5.78 Å². The number of nitrogens with one attached hydrogen (secondary N) is 1. The van der Waals surface area contributed by atoms with Gasteiger partial charge >= 0.3 is 18.2 Å². The number of carbonyl (C=O) groups is 3. The van der Waals surface area contributed by atoms with Gasteiger partial charge in [0.25, 0.3) is 0 Å². The van der Waals surface area contributed by atoms with E-state index in [1.165, 1.54) is 4.90 Å². The van der Waals surface area contributed by atoms with Crippen LogP contribution in [0.1, 0.15) is 13.3 Å². The first-order valence-corrected chi connectivity index (χ1v) is 6.05. The van der Waals surface area contributed by atoms with Crippen LogP contribution in [0.15, 0.2) is 0 Å². The molecule has 1 atom stereocenters. The van der Waals surface area contributed by atoms with Gasteiger partial charge in [0, 0.05) is 26.1 Å². The number of amides is 2. The second-order valence-corrected chi connectivity index (χ2v) is 4.27. The minimum absolute atomic E-state index is 0.0331. The van der Waals surface area contributed by atoms with Gasteiger partial charge in [-0.15, -0.1) is 0 Å². The molecule has 6 nitrogen and oxygen atoms in total. The molecule has 0 bridgehead atoms. The van der Waals surface area contributed by atoms with E-state index in [0.717, 1.165) is 0 Å². The lowest BCUT2D eigenvalue weighted by Gasteiger charge is -2.31. The minimum Gasteiger partial charge on any atom is -0.450 e. The van der Waals surface area contributed by atoms with Crippen molar-refractivity contribution >= 4 is 17.8 Å². The van der Waals surface area contributed by atoms with E-state index < -0.39 is 30.6 Å². The minimum atomic E-state index is -4.99. The van der Waals surface area contributed by atoms with E-state index in [0.29, 0.717) is 0 Å². The molecule has 1 rings (SSSR count). The maximum Gasteiger partial charge on any atom is 0.471 e. The van der Waals surface area contributed by atoms with Crippen LogP contribution in [0.25, 0.3) is 0 Å². The highest BCUT2D eigenvalue weighted by Gasteiger charge is 2.39. The Labute approximate surface area is 113 Å². The zero-order valence-electron chi connectivity index (χ0n) is 10.8. The number of hydrogen-bond donors (Lipinski definition) is 1. The number of halogens is 3. The Balaban J connectivity index is 2.53. The van der Waals surface area contributed by atoms with Crippen molar-refractivity contribution in [1.29, 1.82) is 0 Å². The summed E-state index contributed by atoms with van der Waals surface area (Å²) < 4.78 is 40.8. The molecule has 0 spiro atoms. The third-order valence-corrected chi connectivity index (χ3v) is 2.82. The molecule has 1 unspecified atom stereocenters. The van der Waals surface area contributed by atoms with Crippen molar-refractivity contribution in [2.24, 2.45) is 5.92 Å². The van der Waals surface area contributed by atoms with Gasteiger partial charge in [-0.25, -0.2) is 4.79 Å². The Morgan fingerprint density at radius 2 is 2.10 bits per heavy atom. The second kappa shape index (κ2) is 6.58. The molecule has 9 heteroatoms.